The molecule has 6 rings (SSSR count). The molecule has 3 aliphatic heterocycles. The van der Waals surface area contributed by atoms with Crippen molar-refractivity contribution >= 4 is 45.1 Å². The number of benzene rings is 2. The van der Waals surface area contributed by atoms with Gasteiger partial charge in [0, 0.05) is 68.0 Å². The van der Waals surface area contributed by atoms with E-state index in [1.54, 1.807) is 39.0 Å². The van der Waals surface area contributed by atoms with Crippen molar-refractivity contribution in [3.05, 3.63) is 64.9 Å². The summed E-state index contributed by atoms with van der Waals surface area (Å²) in [5, 5.41) is 10.2. The summed E-state index contributed by atoms with van der Waals surface area (Å²) in [6.45, 7) is 7.58. The lowest BCUT2D eigenvalue weighted by Crippen LogP contribution is -2.45. The molecule has 1 aromatic heterocycles. The normalized spacial score (nSPS) is 18.2. The van der Waals surface area contributed by atoms with Gasteiger partial charge < -0.3 is 29.7 Å². The molecule has 51 heavy (non-hydrogen) atoms. The van der Waals surface area contributed by atoms with Crippen LogP contribution in [0.4, 0.5) is 30.8 Å². The van der Waals surface area contributed by atoms with Crippen LogP contribution in [-0.2, 0) is 41.0 Å². The topological polar surface area (TPSA) is 161 Å². The van der Waals surface area contributed by atoms with Crippen LogP contribution in [0.2, 0.25) is 0 Å². The second kappa shape index (κ2) is 14.7. The molecular formula is C34H40F2N6O8S. The summed E-state index contributed by atoms with van der Waals surface area (Å²) in [6, 6.07) is 7.05. The van der Waals surface area contributed by atoms with Crippen molar-refractivity contribution in [1.29, 1.82) is 0 Å². The summed E-state index contributed by atoms with van der Waals surface area (Å²) in [4.78, 5) is 42.3. The first kappa shape index (κ1) is 36.3. The van der Waals surface area contributed by atoms with Gasteiger partial charge in [0.25, 0.3) is 5.91 Å². The third kappa shape index (κ3) is 7.61. The summed E-state index contributed by atoms with van der Waals surface area (Å²) in [5.41, 5.74) is 0.549. The van der Waals surface area contributed by atoms with Gasteiger partial charge >= 0.3 is 6.09 Å². The number of morpholine rings is 1. The summed E-state index contributed by atoms with van der Waals surface area (Å²) < 4.78 is 73.8. The van der Waals surface area contributed by atoms with E-state index in [9.17, 15) is 31.6 Å². The van der Waals surface area contributed by atoms with E-state index in [0.29, 0.717) is 64.1 Å². The quantitative estimate of drug-likeness (QED) is 0.345. The molecule has 0 bridgehead atoms. The fourth-order valence-electron chi connectivity index (χ4n) is 6.55. The first-order chi connectivity index (χ1) is 24.3. The maximum Gasteiger partial charge on any atom is 0.436 e. The zero-order chi connectivity index (χ0) is 36.5. The van der Waals surface area contributed by atoms with E-state index in [2.05, 4.69) is 20.6 Å². The number of nitrogens with zero attached hydrogens (tertiary/aromatic N) is 4. The molecule has 2 aromatic carbocycles. The van der Waals surface area contributed by atoms with Crippen LogP contribution in [0.5, 0.6) is 0 Å². The number of anilines is 3. The molecule has 0 spiro atoms. The Balaban J connectivity index is 1.39. The van der Waals surface area contributed by atoms with E-state index in [1.165, 1.54) is 0 Å². The molecule has 2 fully saturated rings. The second-order valence-electron chi connectivity index (χ2n) is 13.2. The molecule has 0 saturated carbocycles. The van der Waals surface area contributed by atoms with Crippen LogP contribution < -0.4 is 15.5 Å². The number of rotatable bonds is 8. The Morgan fingerprint density at radius 3 is 2.31 bits per heavy atom. The number of aromatic nitrogens is 2. The van der Waals surface area contributed by atoms with Crippen LogP contribution in [0.3, 0.4) is 0 Å². The highest BCUT2D eigenvalue weighted by Gasteiger charge is 2.43. The number of fused-ring (bicyclic) bond motifs is 1. The third-order valence-electron chi connectivity index (χ3n) is 9.15. The Hall–Kier alpha value is -4.45. The Morgan fingerprint density at radius 1 is 0.980 bits per heavy atom. The second-order valence-corrected chi connectivity index (χ2v) is 15.1. The van der Waals surface area contributed by atoms with Crippen LogP contribution in [0.15, 0.2) is 41.3 Å². The van der Waals surface area contributed by atoms with Crippen molar-refractivity contribution < 1.29 is 45.8 Å². The van der Waals surface area contributed by atoms with Crippen molar-refractivity contribution in [3.63, 3.8) is 0 Å². The van der Waals surface area contributed by atoms with Crippen molar-refractivity contribution in [3.8, 4) is 0 Å². The average molecular weight is 731 g/mol. The molecule has 2 N–H and O–H groups in total. The van der Waals surface area contributed by atoms with E-state index in [-0.39, 0.29) is 47.6 Å². The molecule has 2 saturated heterocycles. The molecule has 3 aromatic rings. The van der Waals surface area contributed by atoms with Crippen LogP contribution >= 0.6 is 0 Å². The molecule has 4 heterocycles. The van der Waals surface area contributed by atoms with Gasteiger partial charge in [-0.1, -0.05) is 13.8 Å². The van der Waals surface area contributed by atoms with Gasteiger partial charge in [-0.25, -0.2) is 22.0 Å². The molecule has 0 unspecified atom stereocenters. The van der Waals surface area contributed by atoms with Gasteiger partial charge in [0.15, 0.2) is 0 Å². The number of amides is 2. The summed E-state index contributed by atoms with van der Waals surface area (Å²) in [5.74, 6) is -3.58. The maximum absolute atomic E-state index is 14.2. The maximum atomic E-state index is 14.2. The minimum Gasteiger partial charge on any atom is -0.448 e. The van der Waals surface area contributed by atoms with Crippen LogP contribution in [-0.4, -0.2) is 93.1 Å². The number of hydrogen-bond donors (Lipinski definition) is 2. The number of ether oxygens (including phenoxy) is 3. The fraction of sp³-hybridized carbons (Fsp3) is 0.471. The average Bonchev–Trinajstić information content (AvgIpc) is 3.47. The van der Waals surface area contributed by atoms with E-state index < -0.39 is 50.5 Å². The molecule has 274 valence electrons. The molecule has 14 nitrogen and oxygen atoms in total. The Bertz CT molecular complexity index is 1920. The van der Waals surface area contributed by atoms with E-state index in [1.807, 2.05) is 0 Å². The lowest BCUT2D eigenvalue weighted by molar-refractivity contribution is -0.122. The smallest absolute Gasteiger partial charge is 0.436 e. The number of carbonyl (C=O) groups excluding carboxylic acids is 3. The highest BCUT2D eigenvalue weighted by molar-refractivity contribution is 7.89. The molecule has 0 radical (unpaired) electrons. The molecular weight excluding hydrogens is 690 g/mol. The van der Waals surface area contributed by atoms with Gasteiger partial charge in [-0.05, 0) is 50.1 Å². The van der Waals surface area contributed by atoms with Gasteiger partial charge in [-0.15, -0.1) is 4.68 Å². The van der Waals surface area contributed by atoms with E-state index in [0.717, 1.165) is 26.8 Å². The van der Waals surface area contributed by atoms with E-state index >= 15 is 0 Å². The first-order valence-electron chi connectivity index (χ1n) is 16.7. The first-order valence-corrected chi connectivity index (χ1v) is 18.1. The lowest BCUT2D eigenvalue weighted by Gasteiger charge is -2.36. The van der Waals surface area contributed by atoms with Gasteiger partial charge in [-0.2, -0.15) is 9.40 Å². The van der Waals surface area contributed by atoms with Gasteiger partial charge in [0.1, 0.15) is 17.5 Å². The summed E-state index contributed by atoms with van der Waals surface area (Å²) >= 11 is 0. The van der Waals surface area contributed by atoms with Crippen LogP contribution in [0.25, 0.3) is 0 Å². The van der Waals surface area contributed by atoms with E-state index in [4.69, 9.17) is 14.2 Å². The molecule has 17 heteroatoms. The molecule has 0 aliphatic carbocycles. The molecule has 3 aliphatic rings. The Labute approximate surface area is 294 Å². The largest absolute Gasteiger partial charge is 0.448 e. The fourth-order valence-corrected chi connectivity index (χ4v) is 8.17. The summed E-state index contributed by atoms with van der Waals surface area (Å²) in [6.07, 6.45) is 0.132. The third-order valence-corrected chi connectivity index (χ3v) is 10.9. The zero-order valence-electron chi connectivity index (χ0n) is 28.5. The predicted octanol–water partition coefficient (Wildman–Crippen LogP) is 4.10. The minimum absolute atomic E-state index is 0.0167. The standard InChI is InChI=1S/C34H40F2N6O8S/c1-4-50-33(45)42-30(27-19-41(20-34(2,3)29(27)39-42)51(46,47)25-16-22(35)15-23(36)17-25)38-32(44)26-6-5-24(40-9-13-49-14-10-40)18-28(26)37-31(43)21-7-11-48-12-8-21/h5-6,15-18,21H,4,7-14,19-20H2,1-3H3,(H,37,43)(H,38,44). The monoisotopic (exact) mass is 730 g/mol. The molecule has 2 amide bonds. The van der Waals surface area contributed by atoms with Gasteiger partial charge in [-0.3, -0.25) is 9.59 Å². The van der Waals surface area contributed by atoms with Crippen molar-refractivity contribution in [2.24, 2.45) is 5.92 Å². The summed E-state index contributed by atoms with van der Waals surface area (Å²) in [7, 11) is -4.47. The number of hydrogen-bond acceptors (Lipinski definition) is 10. The van der Waals surface area contributed by atoms with Crippen molar-refractivity contribution in [1.82, 2.24) is 14.1 Å². The Morgan fingerprint density at radius 2 is 1.65 bits per heavy atom. The van der Waals surface area contributed by atoms with Gasteiger partial charge in [0.2, 0.25) is 15.9 Å². The Kier molecular flexibility index (Phi) is 10.4. The van der Waals surface area contributed by atoms with Crippen LogP contribution in [0.1, 0.15) is 55.2 Å². The number of carbonyl (C=O) groups is 3. The van der Waals surface area contributed by atoms with Crippen molar-refractivity contribution in [2.75, 3.05) is 68.2 Å². The highest BCUT2D eigenvalue weighted by atomic mass is 32.2. The SMILES string of the molecule is CCOC(=O)n1nc2c(c1NC(=O)c1ccc(N3CCOCC3)cc1NC(=O)C1CCOCC1)CN(S(=O)(=O)c1cc(F)cc(F)c1)CC2(C)C. The number of halogens is 2. The number of sulfonamides is 1. The molecule has 0 atom stereocenters. The van der Waals surface area contributed by atoms with Crippen molar-refractivity contribution in [2.45, 2.75) is 50.5 Å². The van der Waals surface area contributed by atoms with Gasteiger partial charge in [0.05, 0.1) is 41.7 Å². The minimum atomic E-state index is -4.47. The predicted molar refractivity (Wildman–Crippen MR) is 181 cm³/mol. The lowest BCUT2D eigenvalue weighted by atomic mass is 9.84. The highest BCUT2D eigenvalue weighted by Crippen LogP contribution is 2.39. The zero-order valence-corrected chi connectivity index (χ0v) is 29.4. The van der Waals surface area contributed by atoms with Crippen LogP contribution in [0, 0.1) is 17.6 Å². The number of nitrogens with one attached hydrogen (secondary N) is 2.